The molecule has 0 N–H and O–H groups in total. The van der Waals surface area contributed by atoms with Crippen molar-refractivity contribution in [1.29, 1.82) is 0 Å². The number of hydrogen-bond acceptors (Lipinski definition) is 17. The SMILES string of the molecule is CCCCCCCCCCCCN1CCOCCOCCN(CCCCCCCCCCCCN2CCOCCOCCN(CCCCCCCCCCCCN3CCOCCOCCN(CCCCCCCCCCCC)CCOCCOCC3)CCOCC2)CCOCCOCC1. The molecular formula is C82H166N6O11. The van der Waals surface area contributed by atoms with Crippen LogP contribution < -0.4 is 0 Å². The van der Waals surface area contributed by atoms with Gasteiger partial charge in [-0.2, -0.15) is 0 Å². The topological polar surface area (TPSA) is 121 Å². The van der Waals surface area contributed by atoms with E-state index in [0.717, 1.165) is 197 Å². The Hall–Kier alpha value is -0.680. The van der Waals surface area contributed by atoms with Gasteiger partial charge < -0.3 is 52.1 Å². The van der Waals surface area contributed by atoms with E-state index in [1.165, 1.54) is 257 Å². The number of ether oxygens (including phenoxy) is 11. The average molecular weight is 1410 g/mol. The lowest BCUT2D eigenvalue weighted by Gasteiger charge is -2.23. The highest BCUT2D eigenvalue weighted by atomic mass is 16.5. The second-order valence-corrected chi connectivity index (χ2v) is 29.2. The van der Waals surface area contributed by atoms with Crippen molar-refractivity contribution in [1.82, 2.24) is 29.4 Å². The Morgan fingerprint density at radius 2 is 0.232 bits per heavy atom. The molecule has 0 spiro atoms. The van der Waals surface area contributed by atoms with Gasteiger partial charge in [-0.1, -0.05) is 232 Å². The summed E-state index contributed by atoms with van der Waals surface area (Å²) in [7, 11) is 0. The highest BCUT2D eigenvalue weighted by molar-refractivity contribution is 4.66. The van der Waals surface area contributed by atoms with Gasteiger partial charge in [0, 0.05) is 78.5 Å². The maximum Gasteiger partial charge on any atom is 0.0701 e. The Balaban J connectivity index is 1.13. The van der Waals surface area contributed by atoms with Crippen molar-refractivity contribution >= 4 is 0 Å². The Morgan fingerprint density at radius 1 is 0.131 bits per heavy atom. The third kappa shape index (κ3) is 65.4. The molecule has 3 rings (SSSR count). The summed E-state index contributed by atoms with van der Waals surface area (Å²) in [5.74, 6) is 0. The fourth-order valence-corrected chi connectivity index (χ4v) is 13.9. The fourth-order valence-electron chi connectivity index (χ4n) is 13.9. The molecule has 3 saturated heterocycles. The maximum absolute atomic E-state index is 6.28. The van der Waals surface area contributed by atoms with Crippen molar-refractivity contribution in [2.24, 2.45) is 0 Å². The summed E-state index contributed by atoms with van der Waals surface area (Å²) in [5, 5.41) is 0. The van der Waals surface area contributed by atoms with E-state index in [4.69, 9.17) is 52.1 Å². The van der Waals surface area contributed by atoms with Crippen molar-refractivity contribution in [2.75, 3.05) is 263 Å². The predicted octanol–water partition coefficient (Wildman–Crippen LogP) is 15.7. The van der Waals surface area contributed by atoms with E-state index in [0.29, 0.717) is 66.1 Å². The quantitative estimate of drug-likeness (QED) is 0.0537. The number of nitrogens with zero attached hydrogens (tertiary/aromatic N) is 6. The summed E-state index contributed by atoms with van der Waals surface area (Å²) < 4.78 is 66.6. The number of hydrogen-bond donors (Lipinski definition) is 0. The van der Waals surface area contributed by atoms with Crippen molar-refractivity contribution < 1.29 is 52.1 Å². The van der Waals surface area contributed by atoms with Crippen LogP contribution in [0.1, 0.15) is 271 Å². The highest BCUT2D eigenvalue weighted by Gasteiger charge is 2.14. The lowest BCUT2D eigenvalue weighted by atomic mass is 10.1. The summed E-state index contributed by atoms with van der Waals surface area (Å²) in [5.41, 5.74) is 0. The molecule has 0 aromatic carbocycles. The molecule has 0 unspecified atom stereocenters. The minimum atomic E-state index is 0.666. The average Bonchev–Trinajstić information content (AvgIpc) is 3.85. The lowest BCUT2D eigenvalue weighted by molar-refractivity contribution is 0.00776. The van der Waals surface area contributed by atoms with Gasteiger partial charge in [0.15, 0.2) is 0 Å². The van der Waals surface area contributed by atoms with Gasteiger partial charge in [-0.25, -0.2) is 0 Å². The second kappa shape index (κ2) is 77.0. The Labute approximate surface area is 612 Å². The van der Waals surface area contributed by atoms with Gasteiger partial charge in [0.2, 0.25) is 0 Å². The van der Waals surface area contributed by atoms with Gasteiger partial charge >= 0.3 is 0 Å². The van der Waals surface area contributed by atoms with Crippen LogP contribution in [0.5, 0.6) is 0 Å². The summed E-state index contributed by atoms with van der Waals surface area (Å²) in [6.45, 7) is 38.8. The molecule has 0 amide bonds. The van der Waals surface area contributed by atoms with E-state index in [2.05, 4.69) is 43.2 Å². The minimum Gasteiger partial charge on any atom is -0.379 e. The summed E-state index contributed by atoms with van der Waals surface area (Å²) in [6.07, 6.45) is 53.9. The molecule has 0 aliphatic carbocycles. The largest absolute Gasteiger partial charge is 0.379 e. The molecule has 3 fully saturated rings. The molecule has 17 heteroatoms. The van der Waals surface area contributed by atoms with E-state index >= 15 is 0 Å². The first-order chi connectivity index (χ1) is 49.3. The smallest absolute Gasteiger partial charge is 0.0701 e. The molecular weight excluding hydrogens is 1240 g/mol. The highest BCUT2D eigenvalue weighted by Crippen LogP contribution is 2.16. The molecule has 17 nitrogen and oxygen atoms in total. The second-order valence-electron chi connectivity index (χ2n) is 29.2. The maximum atomic E-state index is 6.28. The van der Waals surface area contributed by atoms with Gasteiger partial charge in [-0.3, -0.25) is 29.4 Å². The van der Waals surface area contributed by atoms with Crippen LogP contribution in [0, 0.1) is 0 Å². The van der Waals surface area contributed by atoms with Crippen molar-refractivity contribution in [2.45, 2.75) is 271 Å². The number of rotatable bonds is 48. The molecule has 590 valence electrons. The molecule has 3 aliphatic heterocycles. The molecule has 0 atom stereocenters. The van der Waals surface area contributed by atoms with Crippen LogP contribution in [0.4, 0.5) is 0 Å². The van der Waals surface area contributed by atoms with E-state index < -0.39 is 0 Å². The zero-order valence-corrected chi connectivity index (χ0v) is 65.7. The third-order valence-corrected chi connectivity index (χ3v) is 20.5. The van der Waals surface area contributed by atoms with Gasteiger partial charge in [0.1, 0.15) is 0 Å². The van der Waals surface area contributed by atoms with Crippen molar-refractivity contribution in [3.8, 4) is 0 Å². The first-order valence-corrected chi connectivity index (χ1v) is 43.0. The van der Waals surface area contributed by atoms with Gasteiger partial charge in [0.25, 0.3) is 0 Å². The molecule has 3 heterocycles. The van der Waals surface area contributed by atoms with Crippen LogP contribution in [0.2, 0.25) is 0 Å². The molecule has 0 radical (unpaired) electrons. The fraction of sp³-hybridized carbons (Fsp3) is 1.00. The van der Waals surface area contributed by atoms with Crippen molar-refractivity contribution in [3.05, 3.63) is 0 Å². The number of unbranched alkanes of at least 4 members (excludes halogenated alkanes) is 36. The molecule has 3 aliphatic rings. The van der Waals surface area contributed by atoms with E-state index in [1.54, 1.807) is 0 Å². The molecule has 0 aromatic rings. The third-order valence-electron chi connectivity index (χ3n) is 20.5. The van der Waals surface area contributed by atoms with E-state index in [-0.39, 0.29) is 0 Å². The molecule has 0 saturated carbocycles. The van der Waals surface area contributed by atoms with Crippen molar-refractivity contribution in [3.63, 3.8) is 0 Å². The summed E-state index contributed by atoms with van der Waals surface area (Å²) >= 11 is 0. The first kappa shape index (κ1) is 92.5. The van der Waals surface area contributed by atoms with Gasteiger partial charge in [-0.15, -0.1) is 0 Å². The van der Waals surface area contributed by atoms with Crippen LogP contribution in [-0.4, -0.2) is 293 Å². The van der Waals surface area contributed by atoms with Crippen LogP contribution in [0.25, 0.3) is 0 Å². The van der Waals surface area contributed by atoms with Gasteiger partial charge in [0.05, 0.1) is 145 Å². The normalized spacial score (nSPS) is 19.8. The van der Waals surface area contributed by atoms with Crippen LogP contribution >= 0.6 is 0 Å². The summed E-state index contributed by atoms with van der Waals surface area (Å²) in [6, 6.07) is 0. The van der Waals surface area contributed by atoms with E-state index in [1.807, 2.05) is 0 Å². The van der Waals surface area contributed by atoms with Gasteiger partial charge in [-0.05, 0) is 77.8 Å². The standard InChI is InChI=1S/C82H166N6O11/c1-3-5-7-9-11-13-19-25-31-39-45-85-53-65-92-75-79-96-69-57-87(58-70-97-80-76-93-66-54-85)47-41-35-29-23-17-15-21-27-33-37-43-83-49-61-89-62-50-84(52-64-91-74-73-90-63-51-83)44-38-34-28-22-16-18-24-30-36-42-48-88-59-71-98-81-77-94-67-55-86(56-68-95-78-82-99-72-60-88)46-40-32-26-20-14-12-10-8-6-4-2/h3-82H2,1-2H3. The first-order valence-electron chi connectivity index (χ1n) is 43.0. The Bertz CT molecular complexity index is 1410. The lowest BCUT2D eigenvalue weighted by Crippen LogP contribution is -2.34. The van der Waals surface area contributed by atoms with Crippen LogP contribution in [0.15, 0.2) is 0 Å². The Morgan fingerprint density at radius 3 is 0.354 bits per heavy atom. The van der Waals surface area contributed by atoms with Crippen LogP contribution in [-0.2, 0) is 52.1 Å². The summed E-state index contributed by atoms with van der Waals surface area (Å²) in [4.78, 5) is 15.2. The zero-order chi connectivity index (χ0) is 69.8. The predicted molar refractivity (Wildman–Crippen MR) is 414 cm³/mol. The van der Waals surface area contributed by atoms with Crippen LogP contribution in [0.3, 0.4) is 0 Å². The molecule has 99 heavy (non-hydrogen) atoms. The Kier molecular flexibility index (Phi) is 71.9. The minimum absolute atomic E-state index is 0.666. The molecule has 0 bridgehead atoms. The zero-order valence-electron chi connectivity index (χ0n) is 65.7. The molecule has 0 aromatic heterocycles. The van der Waals surface area contributed by atoms with E-state index in [9.17, 15) is 0 Å². The monoisotopic (exact) mass is 1410 g/mol.